The number of hydrogen-bond acceptors (Lipinski definition) is 3. The molecule has 0 atom stereocenters. The Morgan fingerprint density at radius 1 is 1.75 bits per heavy atom. The summed E-state index contributed by atoms with van der Waals surface area (Å²) in [4.78, 5) is 0. The normalized spacial score (nSPS) is 8.12. The zero-order chi connectivity index (χ0) is 5.11. The van der Waals surface area contributed by atoms with Crippen LogP contribution in [0.3, 0.4) is 0 Å². The molecule has 3 nitrogen and oxygen atoms in total. The molecular formula is C4H8N2OS. The van der Waals surface area contributed by atoms with Crippen LogP contribution in [0.2, 0.25) is 0 Å². The van der Waals surface area contributed by atoms with Gasteiger partial charge in [0.15, 0.2) is 0 Å². The highest BCUT2D eigenvalue weighted by atomic mass is 32.1. The maximum absolute atomic E-state index is 5.17. The average Bonchev–Trinajstić information content (AvgIpc) is 2.14. The van der Waals surface area contributed by atoms with E-state index in [1.54, 1.807) is 6.07 Å². The van der Waals surface area contributed by atoms with E-state index in [1.807, 2.05) is 0 Å². The van der Waals surface area contributed by atoms with E-state index in [0.717, 1.165) is 5.69 Å². The third kappa shape index (κ3) is 1.55. The van der Waals surface area contributed by atoms with Crippen LogP contribution in [-0.2, 0) is 6.54 Å². The number of aromatic nitrogens is 1. The smallest absolute Gasteiger partial charge is 0.124 e. The van der Waals surface area contributed by atoms with E-state index in [1.165, 1.54) is 6.26 Å². The molecule has 0 unspecified atom stereocenters. The fourth-order valence-electron chi connectivity index (χ4n) is 0.343. The summed E-state index contributed by atoms with van der Waals surface area (Å²) < 4.78 is 4.48. The van der Waals surface area contributed by atoms with Crippen molar-refractivity contribution < 1.29 is 4.52 Å². The van der Waals surface area contributed by atoms with Gasteiger partial charge in [-0.05, 0) is 0 Å². The molecule has 0 bridgehead atoms. The molecule has 0 aromatic carbocycles. The van der Waals surface area contributed by atoms with E-state index in [9.17, 15) is 0 Å². The highest BCUT2D eigenvalue weighted by Gasteiger charge is 1.86. The topological polar surface area (TPSA) is 52.0 Å². The molecule has 0 amide bonds. The van der Waals surface area contributed by atoms with Crippen LogP contribution in [0.25, 0.3) is 0 Å². The van der Waals surface area contributed by atoms with Crippen molar-refractivity contribution >= 4 is 13.5 Å². The van der Waals surface area contributed by atoms with Gasteiger partial charge in [-0.25, -0.2) is 0 Å². The third-order valence-corrected chi connectivity index (χ3v) is 0.700. The summed E-state index contributed by atoms with van der Waals surface area (Å²) in [6.07, 6.45) is 1.50. The Kier molecular flexibility index (Phi) is 3.30. The second-order valence-electron chi connectivity index (χ2n) is 1.19. The van der Waals surface area contributed by atoms with Gasteiger partial charge in [0.25, 0.3) is 0 Å². The first-order valence-electron chi connectivity index (χ1n) is 2.03. The minimum Gasteiger partial charge on any atom is -0.364 e. The molecule has 1 rings (SSSR count). The van der Waals surface area contributed by atoms with Crippen LogP contribution in [0.15, 0.2) is 16.9 Å². The van der Waals surface area contributed by atoms with Crippen molar-refractivity contribution in [1.82, 2.24) is 5.16 Å². The lowest BCUT2D eigenvalue weighted by molar-refractivity contribution is 0.412. The maximum Gasteiger partial charge on any atom is 0.124 e. The van der Waals surface area contributed by atoms with E-state index < -0.39 is 0 Å². The highest BCUT2D eigenvalue weighted by molar-refractivity contribution is 7.59. The quantitative estimate of drug-likeness (QED) is 0.595. The van der Waals surface area contributed by atoms with Gasteiger partial charge in [-0.15, -0.1) is 0 Å². The van der Waals surface area contributed by atoms with Gasteiger partial charge < -0.3 is 10.3 Å². The first-order valence-corrected chi connectivity index (χ1v) is 2.03. The fraction of sp³-hybridized carbons (Fsp3) is 0.250. The molecule has 1 aromatic heterocycles. The molecule has 0 saturated heterocycles. The molecule has 46 valence electrons. The predicted octanol–water partition coefficient (Wildman–Crippen LogP) is 0.246. The van der Waals surface area contributed by atoms with Crippen LogP contribution < -0.4 is 5.73 Å². The first kappa shape index (κ1) is 7.52. The van der Waals surface area contributed by atoms with Crippen molar-refractivity contribution in [2.45, 2.75) is 6.54 Å². The Bertz CT molecular complexity index is 129. The van der Waals surface area contributed by atoms with Crippen molar-refractivity contribution in [1.29, 1.82) is 0 Å². The molecule has 0 aliphatic rings. The monoisotopic (exact) mass is 132 g/mol. The van der Waals surface area contributed by atoms with Gasteiger partial charge in [-0.2, -0.15) is 13.5 Å². The lowest BCUT2D eigenvalue weighted by Gasteiger charge is -1.76. The lowest BCUT2D eigenvalue weighted by atomic mass is 10.5. The van der Waals surface area contributed by atoms with E-state index >= 15 is 0 Å². The molecule has 0 aliphatic heterocycles. The number of hydrogen-bond donors (Lipinski definition) is 1. The maximum atomic E-state index is 5.17. The zero-order valence-electron chi connectivity index (χ0n) is 4.29. The molecule has 2 N–H and O–H groups in total. The summed E-state index contributed by atoms with van der Waals surface area (Å²) in [6.45, 7) is 0.455. The van der Waals surface area contributed by atoms with E-state index in [4.69, 9.17) is 5.73 Å². The lowest BCUT2D eigenvalue weighted by Crippen LogP contribution is -1.94. The Balaban J connectivity index is 0.000000490. The van der Waals surface area contributed by atoms with Crippen LogP contribution >= 0.6 is 13.5 Å². The van der Waals surface area contributed by atoms with Crippen molar-refractivity contribution in [2.75, 3.05) is 0 Å². The average molecular weight is 132 g/mol. The Morgan fingerprint density at radius 2 is 2.50 bits per heavy atom. The van der Waals surface area contributed by atoms with Crippen LogP contribution in [0, 0.1) is 0 Å². The molecule has 4 heteroatoms. The van der Waals surface area contributed by atoms with Crippen molar-refractivity contribution in [3.05, 3.63) is 18.0 Å². The molecule has 0 spiro atoms. The fourth-order valence-corrected chi connectivity index (χ4v) is 0.343. The molecule has 0 radical (unpaired) electrons. The van der Waals surface area contributed by atoms with Gasteiger partial charge in [0.05, 0.1) is 5.69 Å². The standard InChI is InChI=1S/C4H6N2O.H2S/c5-3-4-1-2-7-6-4;/h1-2H,3,5H2;1H2. The summed E-state index contributed by atoms with van der Waals surface area (Å²) in [7, 11) is 0. The Labute approximate surface area is 54.3 Å². The van der Waals surface area contributed by atoms with Gasteiger partial charge in [0.2, 0.25) is 0 Å². The third-order valence-electron chi connectivity index (χ3n) is 0.700. The number of rotatable bonds is 1. The zero-order valence-corrected chi connectivity index (χ0v) is 5.29. The molecule has 1 heterocycles. The van der Waals surface area contributed by atoms with Crippen LogP contribution in [-0.4, -0.2) is 5.16 Å². The van der Waals surface area contributed by atoms with Gasteiger partial charge in [-0.1, -0.05) is 5.16 Å². The summed E-state index contributed by atoms with van der Waals surface area (Å²) in [5.41, 5.74) is 5.96. The minimum atomic E-state index is 0. The van der Waals surface area contributed by atoms with Gasteiger partial charge >= 0.3 is 0 Å². The molecule has 1 aromatic rings. The summed E-state index contributed by atoms with van der Waals surface area (Å²) in [6, 6.07) is 1.74. The summed E-state index contributed by atoms with van der Waals surface area (Å²) in [5, 5.41) is 3.53. The molecule has 0 fully saturated rings. The van der Waals surface area contributed by atoms with Crippen LogP contribution in [0.4, 0.5) is 0 Å². The van der Waals surface area contributed by atoms with Crippen molar-refractivity contribution in [3.8, 4) is 0 Å². The van der Waals surface area contributed by atoms with Crippen LogP contribution in [0.5, 0.6) is 0 Å². The van der Waals surface area contributed by atoms with Gasteiger partial charge in [0, 0.05) is 12.6 Å². The first-order chi connectivity index (χ1) is 3.43. The highest BCUT2D eigenvalue weighted by Crippen LogP contribution is 1.88. The molecule has 8 heavy (non-hydrogen) atoms. The number of nitrogens with zero attached hydrogens (tertiary/aromatic N) is 1. The van der Waals surface area contributed by atoms with Crippen molar-refractivity contribution in [3.63, 3.8) is 0 Å². The summed E-state index contributed by atoms with van der Waals surface area (Å²) >= 11 is 0. The molecular weight excluding hydrogens is 124 g/mol. The van der Waals surface area contributed by atoms with Gasteiger partial charge in [-0.3, -0.25) is 0 Å². The largest absolute Gasteiger partial charge is 0.364 e. The van der Waals surface area contributed by atoms with E-state index in [2.05, 4.69) is 9.68 Å². The van der Waals surface area contributed by atoms with E-state index in [-0.39, 0.29) is 13.5 Å². The summed E-state index contributed by atoms with van der Waals surface area (Å²) in [5.74, 6) is 0. The van der Waals surface area contributed by atoms with Crippen LogP contribution in [0.1, 0.15) is 5.69 Å². The molecule has 0 saturated carbocycles. The minimum absolute atomic E-state index is 0. The predicted molar refractivity (Wildman–Crippen MR) is 34.8 cm³/mol. The van der Waals surface area contributed by atoms with Gasteiger partial charge in [0.1, 0.15) is 6.26 Å². The van der Waals surface area contributed by atoms with Crippen molar-refractivity contribution in [2.24, 2.45) is 5.73 Å². The number of nitrogens with two attached hydrogens (primary N) is 1. The Morgan fingerprint density at radius 3 is 2.75 bits per heavy atom. The Hall–Kier alpha value is -0.480. The molecule has 0 aliphatic carbocycles. The van der Waals surface area contributed by atoms with E-state index in [0.29, 0.717) is 6.54 Å². The second kappa shape index (κ2) is 3.51. The second-order valence-corrected chi connectivity index (χ2v) is 1.19. The SMILES string of the molecule is NCc1ccon1.S.